The molecule has 1 rings (SSSR count). The van der Waals surface area contributed by atoms with Crippen molar-refractivity contribution in [1.29, 1.82) is 0 Å². The molecule has 1 heterocycles. The van der Waals surface area contributed by atoms with Gasteiger partial charge in [0.1, 0.15) is 11.7 Å². The van der Waals surface area contributed by atoms with Gasteiger partial charge in [0.15, 0.2) is 0 Å². The predicted octanol–water partition coefficient (Wildman–Crippen LogP) is 0.300. The summed E-state index contributed by atoms with van der Waals surface area (Å²) in [4.78, 5) is 23.8. The number of amides is 1. The first-order valence-electron chi connectivity index (χ1n) is 3.79. The predicted molar refractivity (Wildman–Crippen MR) is 41.0 cm³/mol. The molecule has 11 heavy (non-hydrogen) atoms. The van der Waals surface area contributed by atoms with Gasteiger partial charge in [-0.1, -0.05) is 6.92 Å². The minimum Gasteiger partial charge on any atom is -0.345 e. The van der Waals surface area contributed by atoms with Gasteiger partial charge in [-0.2, -0.15) is 0 Å². The number of carbonyl (C=O) groups is 2. The van der Waals surface area contributed by atoms with Crippen LogP contribution in [0.3, 0.4) is 0 Å². The van der Waals surface area contributed by atoms with Crippen molar-refractivity contribution in [3.05, 3.63) is 0 Å². The molecule has 0 N–H and O–H groups in total. The molecule has 0 unspecified atom stereocenters. The van der Waals surface area contributed by atoms with Crippen LogP contribution < -0.4 is 0 Å². The van der Waals surface area contributed by atoms with E-state index in [1.54, 1.807) is 11.9 Å². The molecule has 1 fully saturated rings. The number of carbonyl (C=O) groups excluding carboxylic acids is 2. The van der Waals surface area contributed by atoms with Gasteiger partial charge in [-0.05, 0) is 12.8 Å². The highest BCUT2D eigenvalue weighted by Crippen LogP contribution is 2.23. The van der Waals surface area contributed by atoms with E-state index in [9.17, 15) is 9.59 Å². The van der Waals surface area contributed by atoms with Crippen molar-refractivity contribution in [2.24, 2.45) is 11.8 Å². The molecule has 1 saturated heterocycles. The van der Waals surface area contributed by atoms with Crippen molar-refractivity contribution in [2.45, 2.75) is 13.8 Å². The molecule has 0 aromatic carbocycles. The fourth-order valence-corrected chi connectivity index (χ4v) is 1.68. The zero-order valence-corrected chi connectivity index (χ0v) is 7.13. The van der Waals surface area contributed by atoms with Crippen molar-refractivity contribution in [2.75, 3.05) is 13.6 Å². The van der Waals surface area contributed by atoms with E-state index < -0.39 is 0 Å². The summed E-state index contributed by atoms with van der Waals surface area (Å²) >= 11 is 0. The molecule has 0 aliphatic carbocycles. The number of hydrogen-bond donors (Lipinski definition) is 0. The third-order valence-electron chi connectivity index (χ3n) is 2.21. The van der Waals surface area contributed by atoms with Crippen LogP contribution in [0.15, 0.2) is 0 Å². The van der Waals surface area contributed by atoms with Crippen LogP contribution in [0.4, 0.5) is 0 Å². The quantitative estimate of drug-likeness (QED) is 0.511. The lowest BCUT2D eigenvalue weighted by Gasteiger charge is -2.06. The first kappa shape index (κ1) is 8.24. The molecule has 2 atom stereocenters. The molecule has 0 saturated carbocycles. The second-order valence-corrected chi connectivity index (χ2v) is 3.28. The Balaban J connectivity index is 2.80. The molecule has 62 valence electrons. The molecule has 3 nitrogen and oxygen atoms in total. The van der Waals surface area contributed by atoms with Crippen LogP contribution in [0.1, 0.15) is 13.8 Å². The first-order chi connectivity index (χ1) is 5.04. The molecule has 0 aromatic heterocycles. The Labute approximate surface area is 66.4 Å². The normalized spacial score (nSPS) is 31.2. The van der Waals surface area contributed by atoms with E-state index in [0.717, 1.165) is 0 Å². The second-order valence-electron chi connectivity index (χ2n) is 3.28. The Bertz CT molecular complexity index is 200. The van der Waals surface area contributed by atoms with E-state index >= 15 is 0 Å². The molecule has 0 spiro atoms. The lowest BCUT2D eigenvalue weighted by molar-refractivity contribution is -0.135. The molecular weight excluding hydrogens is 142 g/mol. The topological polar surface area (TPSA) is 37.4 Å². The van der Waals surface area contributed by atoms with Crippen molar-refractivity contribution in [3.8, 4) is 0 Å². The van der Waals surface area contributed by atoms with Gasteiger partial charge < -0.3 is 4.90 Å². The first-order valence-corrected chi connectivity index (χ1v) is 3.79. The number of ketones is 1. The lowest BCUT2D eigenvalue weighted by atomic mass is 9.94. The van der Waals surface area contributed by atoms with Crippen LogP contribution in [0, 0.1) is 11.8 Å². The minimum atomic E-state index is -0.375. The lowest BCUT2D eigenvalue weighted by Crippen LogP contribution is -2.26. The van der Waals surface area contributed by atoms with Crippen LogP contribution in [0.2, 0.25) is 0 Å². The van der Waals surface area contributed by atoms with Crippen molar-refractivity contribution >= 4 is 11.7 Å². The SMILES string of the molecule is CC(=O)[C@H]1C(=O)N(C)C[C@@H]1C. The number of Topliss-reactive ketones (excluding diaryl/α,β-unsaturated/α-hetero) is 1. The van der Waals surface area contributed by atoms with Gasteiger partial charge in [0.2, 0.25) is 5.91 Å². The van der Waals surface area contributed by atoms with Gasteiger partial charge in [0.25, 0.3) is 0 Å². The van der Waals surface area contributed by atoms with Crippen LogP contribution in [0.5, 0.6) is 0 Å². The largest absolute Gasteiger partial charge is 0.345 e. The van der Waals surface area contributed by atoms with Gasteiger partial charge in [-0.25, -0.2) is 0 Å². The Kier molecular flexibility index (Phi) is 1.98. The van der Waals surface area contributed by atoms with Crippen molar-refractivity contribution < 1.29 is 9.59 Å². The fourth-order valence-electron chi connectivity index (χ4n) is 1.68. The average Bonchev–Trinajstić information content (AvgIpc) is 2.07. The van der Waals surface area contributed by atoms with Gasteiger partial charge >= 0.3 is 0 Å². The summed E-state index contributed by atoms with van der Waals surface area (Å²) in [6.07, 6.45) is 0. The third-order valence-corrected chi connectivity index (χ3v) is 2.21. The molecule has 1 aliphatic heterocycles. The summed E-state index contributed by atoms with van der Waals surface area (Å²) in [6.45, 7) is 4.13. The molecule has 0 aromatic rings. The zero-order chi connectivity index (χ0) is 8.59. The Morgan fingerprint density at radius 3 is 2.36 bits per heavy atom. The Morgan fingerprint density at radius 1 is 1.64 bits per heavy atom. The van der Waals surface area contributed by atoms with E-state index in [0.29, 0.717) is 6.54 Å². The highest BCUT2D eigenvalue weighted by atomic mass is 16.2. The van der Waals surface area contributed by atoms with Crippen molar-refractivity contribution in [1.82, 2.24) is 4.90 Å². The maximum Gasteiger partial charge on any atom is 0.233 e. The van der Waals surface area contributed by atoms with Crippen LogP contribution >= 0.6 is 0 Å². The number of hydrogen-bond acceptors (Lipinski definition) is 2. The summed E-state index contributed by atoms with van der Waals surface area (Å²) in [6, 6.07) is 0. The molecule has 0 bridgehead atoms. The minimum absolute atomic E-state index is 0.00755. The number of likely N-dealkylation sites (tertiary alicyclic amines) is 1. The van der Waals surface area contributed by atoms with Gasteiger partial charge in [0.05, 0.1) is 0 Å². The Morgan fingerprint density at radius 2 is 2.18 bits per heavy atom. The van der Waals surface area contributed by atoms with Gasteiger partial charge in [-0.3, -0.25) is 9.59 Å². The highest BCUT2D eigenvalue weighted by molar-refractivity contribution is 6.01. The van der Waals surface area contributed by atoms with Crippen LogP contribution in [0.25, 0.3) is 0 Å². The summed E-state index contributed by atoms with van der Waals surface area (Å²) in [5.41, 5.74) is 0. The monoisotopic (exact) mass is 155 g/mol. The van der Waals surface area contributed by atoms with Crippen molar-refractivity contribution in [3.63, 3.8) is 0 Å². The van der Waals surface area contributed by atoms with E-state index in [2.05, 4.69) is 0 Å². The maximum absolute atomic E-state index is 11.3. The summed E-state index contributed by atoms with van der Waals surface area (Å²) < 4.78 is 0. The summed E-state index contributed by atoms with van der Waals surface area (Å²) in [5, 5.41) is 0. The molecule has 1 aliphatic rings. The van der Waals surface area contributed by atoms with E-state index in [-0.39, 0.29) is 23.5 Å². The van der Waals surface area contributed by atoms with Crippen LogP contribution in [-0.4, -0.2) is 30.2 Å². The van der Waals surface area contributed by atoms with E-state index in [1.807, 2.05) is 6.92 Å². The molecular formula is C8H13NO2. The van der Waals surface area contributed by atoms with Gasteiger partial charge in [-0.15, -0.1) is 0 Å². The van der Waals surface area contributed by atoms with E-state index in [4.69, 9.17) is 0 Å². The standard InChI is InChI=1S/C8H13NO2/c1-5-4-9(3)8(11)7(5)6(2)10/h5,7H,4H2,1-3H3/t5-,7-/m0/s1. The maximum atomic E-state index is 11.3. The fraction of sp³-hybridized carbons (Fsp3) is 0.750. The second kappa shape index (κ2) is 2.64. The summed E-state index contributed by atoms with van der Waals surface area (Å²) in [7, 11) is 1.74. The van der Waals surface area contributed by atoms with E-state index in [1.165, 1.54) is 6.92 Å². The number of nitrogens with zero attached hydrogens (tertiary/aromatic N) is 1. The number of rotatable bonds is 1. The molecule has 1 amide bonds. The Hall–Kier alpha value is -0.860. The zero-order valence-electron chi connectivity index (χ0n) is 7.13. The molecule has 0 radical (unpaired) electrons. The third kappa shape index (κ3) is 1.27. The van der Waals surface area contributed by atoms with Gasteiger partial charge in [0, 0.05) is 13.6 Å². The van der Waals surface area contributed by atoms with Crippen LogP contribution in [-0.2, 0) is 9.59 Å². The smallest absolute Gasteiger partial charge is 0.233 e. The molecule has 3 heteroatoms. The average molecular weight is 155 g/mol. The summed E-state index contributed by atoms with van der Waals surface area (Å²) in [5.74, 6) is -0.221. The highest BCUT2D eigenvalue weighted by Gasteiger charge is 2.38.